The molecule has 9 nitrogen and oxygen atoms in total. The van der Waals surface area contributed by atoms with Gasteiger partial charge in [-0.15, -0.1) is 0 Å². The van der Waals surface area contributed by atoms with Gasteiger partial charge >= 0.3 is 6.09 Å². The van der Waals surface area contributed by atoms with E-state index in [2.05, 4.69) is 16.1 Å². The van der Waals surface area contributed by atoms with Crippen molar-refractivity contribution in [2.24, 2.45) is 11.8 Å². The molecule has 1 aliphatic carbocycles. The van der Waals surface area contributed by atoms with Gasteiger partial charge in [0.15, 0.2) is 12.0 Å². The zero-order chi connectivity index (χ0) is 25.4. The van der Waals surface area contributed by atoms with Crippen molar-refractivity contribution >= 4 is 17.8 Å². The third-order valence-corrected chi connectivity index (χ3v) is 6.23. The van der Waals surface area contributed by atoms with Gasteiger partial charge in [0.05, 0.1) is 6.20 Å². The van der Waals surface area contributed by atoms with E-state index in [1.54, 1.807) is 6.20 Å². The lowest BCUT2D eigenvalue weighted by molar-refractivity contribution is -0.221. The van der Waals surface area contributed by atoms with Crippen LogP contribution in [-0.2, 0) is 14.4 Å². The average molecular weight is 489 g/mol. The van der Waals surface area contributed by atoms with Gasteiger partial charge in [0, 0.05) is 30.0 Å². The smallest absolute Gasteiger partial charge is 0.407 e. The van der Waals surface area contributed by atoms with Crippen LogP contribution in [0.1, 0.15) is 71.8 Å². The Labute approximate surface area is 208 Å². The molecule has 1 aromatic carbocycles. The molecule has 9 heteroatoms. The van der Waals surface area contributed by atoms with E-state index in [1.807, 2.05) is 58.0 Å². The summed E-state index contributed by atoms with van der Waals surface area (Å²) in [6.45, 7) is 7.98. The monoisotopic (exact) mass is 488 g/mol. The molecular formula is C26H40N4O5. The first-order valence-corrected chi connectivity index (χ1v) is 12.6. The number of hydrogen-bond donors (Lipinski definition) is 4. The average Bonchev–Trinajstić information content (AvgIpc) is 3.31. The molecule has 1 heterocycles. The van der Waals surface area contributed by atoms with Gasteiger partial charge in [-0.25, -0.2) is 4.79 Å². The lowest BCUT2D eigenvalue weighted by Crippen LogP contribution is -2.44. The number of amides is 2. The highest BCUT2D eigenvalue weighted by Gasteiger charge is 2.30. The van der Waals surface area contributed by atoms with Gasteiger partial charge in [-0.2, -0.15) is 0 Å². The number of carbonyl (C=O) groups is 2. The molecule has 0 bridgehead atoms. The van der Waals surface area contributed by atoms with Crippen LogP contribution in [-0.4, -0.2) is 46.7 Å². The quantitative estimate of drug-likeness (QED) is 0.392. The fourth-order valence-electron chi connectivity index (χ4n) is 4.34. The molecule has 4 unspecified atom stereocenters. The minimum atomic E-state index is -0.832. The van der Waals surface area contributed by atoms with Gasteiger partial charge < -0.3 is 25.3 Å². The number of hydroxylamine groups is 1. The van der Waals surface area contributed by atoms with E-state index in [9.17, 15) is 14.7 Å². The van der Waals surface area contributed by atoms with Crippen molar-refractivity contribution in [1.82, 2.24) is 21.2 Å². The van der Waals surface area contributed by atoms with E-state index in [1.165, 1.54) is 5.17 Å². The molecule has 4 atom stereocenters. The molecule has 1 fully saturated rings. The molecule has 2 aliphatic rings. The summed E-state index contributed by atoms with van der Waals surface area (Å²) in [5.74, 6) is 0.489. The van der Waals surface area contributed by atoms with Crippen molar-refractivity contribution in [3.63, 3.8) is 0 Å². The molecule has 4 N–H and O–H groups in total. The maximum Gasteiger partial charge on any atom is 0.407 e. The number of nitrogens with one attached hydrogen (secondary N) is 3. The maximum atomic E-state index is 12.7. The number of ether oxygens (including phenoxy) is 1. The maximum absolute atomic E-state index is 12.7. The third kappa shape index (κ3) is 8.43. The van der Waals surface area contributed by atoms with Gasteiger partial charge in [-0.1, -0.05) is 43.7 Å². The van der Waals surface area contributed by atoms with Crippen LogP contribution in [0.15, 0.2) is 36.5 Å². The highest BCUT2D eigenvalue weighted by molar-refractivity contribution is 5.79. The lowest BCUT2D eigenvalue weighted by Gasteiger charge is -2.30. The first-order valence-electron chi connectivity index (χ1n) is 12.6. The molecule has 0 radical (unpaired) electrons. The second-order valence-electron chi connectivity index (χ2n) is 10.5. The van der Waals surface area contributed by atoms with Crippen LogP contribution >= 0.6 is 0 Å². The molecule has 1 aliphatic heterocycles. The summed E-state index contributed by atoms with van der Waals surface area (Å²) >= 11 is 0. The van der Waals surface area contributed by atoms with E-state index in [-0.39, 0.29) is 23.8 Å². The summed E-state index contributed by atoms with van der Waals surface area (Å²) in [7, 11) is 0. The minimum Gasteiger partial charge on any atom is -0.444 e. The predicted molar refractivity (Wildman–Crippen MR) is 133 cm³/mol. The summed E-state index contributed by atoms with van der Waals surface area (Å²) in [5, 5.41) is 17.9. The van der Waals surface area contributed by atoms with Gasteiger partial charge in [-0.05, 0) is 58.0 Å². The van der Waals surface area contributed by atoms with Gasteiger partial charge in [0.1, 0.15) is 5.60 Å². The summed E-state index contributed by atoms with van der Waals surface area (Å²) in [5.41, 5.74) is 3.34. The van der Waals surface area contributed by atoms with Gasteiger partial charge in [0.2, 0.25) is 5.91 Å². The van der Waals surface area contributed by atoms with Crippen molar-refractivity contribution in [2.45, 2.75) is 84.1 Å². The summed E-state index contributed by atoms with van der Waals surface area (Å²) < 4.78 is 5.33. The van der Waals surface area contributed by atoms with E-state index in [0.29, 0.717) is 18.7 Å². The standard InChI is InChI=1S/C26H40N4O5/c1-18(24(32)30-28-17-22(35-30)19-11-6-5-7-12-19)10-9-15-27-23(31)20-13-8-14-21(16-20)29-25(33)34-26(2,3)4/h5-7,11-12,17-18,20-21,24,28,32H,8-10,13-16H2,1-4H3,(H,27,31)(H,29,33). The molecule has 1 saturated carbocycles. The number of benzene rings is 1. The molecule has 0 spiro atoms. The first-order chi connectivity index (χ1) is 16.6. The van der Waals surface area contributed by atoms with Crippen molar-refractivity contribution in [3.05, 3.63) is 42.1 Å². The fraction of sp³-hybridized carbons (Fsp3) is 0.615. The molecule has 0 aromatic heterocycles. The van der Waals surface area contributed by atoms with Crippen LogP contribution in [0.3, 0.4) is 0 Å². The van der Waals surface area contributed by atoms with Crippen LogP contribution in [0.5, 0.6) is 0 Å². The highest BCUT2D eigenvalue weighted by Crippen LogP contribution is 2.26. The molecular weight excluding hydrogens is 448 g/mol. The number of rotatable bonds is 9. The number of aliphatic hydroxyl groups is 1. The summed E-state index contributed by atoms with van der Waals surface area (Å²) in [6.07, 6.45) is 5.10. The summed E-state index contributed by atoms with van der Waals surface area (Å²) in [4.78, 5) is 30.5. The Bertz CT molecular complexity index is 870. The molecule has 0 saturated heterocycles. The first kappa shape index (κ1) is 26.8. The summed E-state index contributed by atoms with van der Waals surface area (Å²) in [6, 6.07) is 9.64. The Kier molecular flexibility index (Phi) is 9.40. The molecule has 2 amide bonds. The number of nitrogens with zero attached hydrogens (tertiary/aromatic N) is 1. The Morgan fingerprint density at radius 3 is 2.71 bits per heavy atom. The second-order valence-corrected chi connectivity index (χ2v) is 10.5. The van der Waals surface area contributed by atoms with Crippen LogP contribution < -0.4 is 16.1 Å². The number of aliphatic hydroxyl groups excluding tert-OH is 1. The fourth-order valence-corrected chi connectivity index (χ4v) is 4.34. The van der Waals surface area contributed by atoms with E-state index < -0.39 is 17.9 Å². The van der Waals surface area contributed by atoms with Crippen LogP contribution in [0.2, 0.25) is 0 Å². The van der Waals surface area contributed by atoms with E-state index in [0.717, 1.165) is 37.7 Å². The topological polar surface area (TPSA) is 112 Å². The van der Waals surface area contributed by atoms with Crippen LogP contribution in [0.25, 0.3) is 5.76 Å². The Hall–Kier alpha value is -2.78. The molecule has 194 valence electrons. The number of carbonyl (C=O) groups excluding carboxylic acids is 2. The van der Waals surface area contributed by atoms with E-state index >= 15 is 0 Å². The molecule has 3 rings (SSSR count). The highest BCUT2D eigenvalue weighted by atomic mass is 16.7. The Morgan fingerprint density at radius 1 is 1.26 bits per heavy atom. The Balaban J connectivity index is 1.33. The lowest BCUT2D eigenvalue weighted by atomic mass is 9.85. The van der Waals surface area contributed by atoms with Crippen molar-refractivity contribution in [1.29, 1.82) is 0 Å². The van der Waals surface area contributed by atoms with Crippen LogP contribution in [0.4, 0.5) is 4.79 Å². The van der Waals surface area contributed by atoms with E-state index in [4.69, 9.17) is 9.57 Å². The predicted octanol–water partition coefficient (Wildman–Crippen LogP) is 3.67. The molecule has 35 heavy (non-hydrogen) atoms. The SMILES string of the molecule is CC(CCCNC(=O)C1CCCC(NC(=O)OC(C)(C)C)C1)C(O)N1NC=C(c2ccccc2)O1. The zero-order valence-electron chi connectivity index (χ0n) is 21.3. The number of hydrogen-bond acceptors (Lipinski definition) is 7. The second kappa shape index (κ2) is 12.3. The van der Waals surface area contributed by atoms with Crippen molar-refractivity contribution in [2.75, 3.05) is 6.54 Å². The third-order valence-electron chi connectivity index (χ3n) is 6.23. The largest absolute Gasteiger partial charge is 0.444 e. The number of alkyl carbamates (subject to hydrolysis) is 1. The van der Waals surface area contributed by atoms with Crippen molar-refractivity contribution in [3.8, 4) is 0 Å². The minimum absolute atomic E-state index is 0.0233. The molecule has 1 aromatic rings. The van der Waals surface area contributed by atoms with Gasteiger partial charge in [-0.3, -0.25) is 10.2 Å². The normalized spacial score (nSPS) is 22.3. The van der Waals surface area contributed by atoms with Crippen LogP contribution in [0, 0.1) is 11.8 Å². The number of hydrazine groups is 1. The van der Waals surface area contributed by atoms with Gasteiger partial charge in [0.25, 0.3) is 0 Å². The zero-order valence-corrected chi connectivity index (χ0v) is 21.3. The Morgan fingerprint density at radius 2 is 2.00 bits per heavy atom. The van der Waals surface area contributed by atoms with Crippen molar-refractivity contribution < 1.29 is 24.3 Å².